The van der Waals surface area contributed by atoms with Crippen molar-refractivity contribution in [3.8, 4) is 17.2 Å². The number of carbonyl (C=O) groups excluding carboxylic acids is 2. The van der Waals surface area contributed by atoms with Gasteiger partial charge in [-0.2, -0.15) is 5.10 Å². The molecule has 0 bridgehead atoms. The third-order valence-corrected chi connectivity index (χ3v) is 5.89. The zero-order chi connectivity index (χ0) is 26.1. The molecule has 1 N–H and O–H groups in total. The van der Waals surface area contributed by atoms with Crippen molar-refractivity contribution in [1.29, 1.82) is 0 Å². The van der Waals surface area contributed by atoms with Gasteiger partial charge >= 0.3 is 6.03 Å². The Balaban J connectivity index is 1.95. The van der Waals surface area contributed by atoms with Gasteiger partial charge in [0.25, 0.3) is 5.91 Å². The smallest absolute Gasteiger partial charge is 0.317 e. The normalized spacial score (nSPS) is 14.8. The third kappa shape index (κ3) is 6.25. The summed E-state index contributed by atoms with van der Waals surface area (Å²) in [5.74, 6) is 1.67. The topological polar surface area (TPSA) is 102 Å². The molecule has 10 nitrogen and oxygen atoms in total. The Morgan fingerprint density at radius 3 is 2.33 bits per heavy atom. The van der Waals surface area contributed by atoms with E-state index in [4.69, 9.17) is 24.0 Å². The van der Waals surface area contributed by atoms with Gasteiger partial charge in [0.05, 0.1) is 39.7 Å². The Labute approximate surface area is 211 Å². The van der Waals surface area contributed by atoms with Crippen molar-refractivity contribution in [2.24, 2.45) is 5.10 Å². The second kappa shape index (κ2) is 12.8. The predicted octanol–water partition coefficient (Wildman–Crippen LogP) is 3.07. The maximum atomic E-state index is 13.5. The number of hydrazone groups is 1. The average molecular weight is 499 g/mol. The van der Waals surface area contributed by atoms with E-state index in [-0.39, 0.29) is 31.1 Å². The minimum Gasteiger partial charge on any atom is -0.497 e. The van der Waals surface area contributed by atoms with Crippen molar-refractivity contribution in [2.45, 2.75) is 19.4 Å². The molecule has 1 aliphatic heterocycles. The molecule has 1 heterocycles. The summed E-state index contributed by atoms with van der Waals surface area (Å²) in [6, 6.07) is 12.3. The molecule has 194 valence electrons. The minimum atomic E-state index is -0.358. The summed E-state index contributed by atoms with van der Waals surface area (Å²) in [6.45, 7) is 2.72. The zero-order valence-corrected chi connectivity index (χ0v) is 21.4. The van der Waals surface area contributed by atoms with Gasteiger partial charge in [-0.25, -0.2) is 9.80 Å². The first-order chi connectivity index (χ1) is 17.4. The highest BCUT2D eigenvalue weighted by Gasteiger charge is 2.35. The van der Waals surface area contributed by atoms with Gasteiger partial charge in [-0.1, -0.05) is 12.1 Å². The molecular formula is C26H34N4O6. The molecular weight excluding hydrogens is 464 g/mol. The second-order valence-corrected chi connectivity index (χ2v) is 8.09. The lowest BCUT2D eigenvalue weighted by Gasteiger charge is -2.27. The summed E-state index contributed by atoms with van der Waals surface area (Å²) in [5.41, 5.74) is 2.37. The van der Waals surface area contributed by atoms with E-state index in [1.807, 2.05) is 43.3 Å². The minimum absolute atomic E-state index is 0.141. The van der Waals surface area contributed by atoms with Crippen LogP contribution < -0.4 is 19.5 Å². The van der Waals surface area contributed by atoms with Gasteiger partial charge in [-0.3, -0.25) is 4.79 Å². The van der Waals surface area contributed by atoms with Crippen LogP contribution in [0.3, 0.4) is 0 Å². The van der Waals surface area contributed by atoms with Crippen LogP contribution in [0.1, 0.15) is 30.5 Å². The van der Waals surface area contributed by atoms with Crippen molar-refractivity contribution in [3.05, 3.63) is 53.6 Å². The van der Waals surface area contributed by atoms with Gasteiger partial charge in [0.2, 0.25) is 0 Å². The van der Waals surface area contributed by atoms with E-state index >= 15 is 0 Å². The fourth-order valence-corrected chi connectivity index (χ4v) is 3.98. The van der Waals surface area contributed by atoms with Crippen LogP contribution in [0.25, 0.3) is 0 Å². The van der Waals surface area contributed by atoms with E-state index in [1.165, 1.54) is 9.91 Å². The molecule has 0 saturated carbocycles. The molecule has 1 atom stereocenters. The van der Waals surface area contributed by atoms with Crippen LogP contribution in [-0.2, 0) is 9.53 Å². The van der Waals surface area contributed by atoms with Crippen LogP contribution in [0.2, 0.25) is 0 Å². The van der Waals surface area contributed by atoms with E-state index in [9.17, 15) is 9.59 Å². The van der Waals surface area contributed by atoms with Gasteiger partial charge in [-0.05, 0) is 36.8 Å². The van der Waals surface area contributed by atoms with Crippen molar-refractivity contribution in [2.75, 3.05) is 54.7 Å². The Morgan fingerprint density at radius 2 is 1.72 bits per heavy atom. The van der Waals surface area contributed by atoms with E-state index < -0.39 is 0 Å². The number of benzene rings is 2. The largest absolute Gasteiger partial charge is 0.497 e. The molecule has 0 saturated heterocycles. The van der Waals surface area contributed by atoms with E-state index in [0.29, 0.717) is 36.8 Å². The number of urea groups is 1. The highest BCUT2D eigenvalue weighted by Crippen LogP contribution is 2.36. The van der Waals surface area contributed by atoms with Crippen LogP contribution in [-0.4, -0.2) is 82.2 Å². The number of carbonyl (C=O) groups is 2. The van der Waals surface area contributed by atoms with Gasteiger partial charge in [0.15, 0.2) is 0 Å². The van der Waals surface area contributed by atoms with Crippen molar-refractivity contribution < 1.29 is 28.5 Å². The first-order valence-electron chi connectivity index (χ1n) is 11.7. The number of nitrogens with one attached hydrogen (secondary N) is 1. The van der Waals surface area contributed by atoms with Crippen molar-refractivity contribution in [1.82, 2.24) is 15.2 Å². The third-order valence-electron chi connectivity index (χ3n) is 5.89. The van der Waals surface area contributed by atoms with Crippen LogP contribution in [0.15, 0.2) is 47.6 Å². The van der Waals surface area contributed by atoms with E-state index in [1.54, 1.807) is 34.5 Å². The summed E-state index contributed by atoms with van der Waals surface area (Å²) in [7, 11) is 6.33. The lowest BCUT2D eigenvalue weighted by atomic mass is 9.97. The number of nitrogens with zero attached hydrogens (tertiary/aromatic N) is 3. The van der Waals surface area contributed by atoms with Crippen LogP contribution in [0.5, 0.6) is 17.2 Å². The van der Waals surface area contributed by atoms with Gasteiger partial charge in [0, 0.05) is 38.2 Å². The van der Waals surface area contributed by atoms with E-state index in [0.717, 1.165) is 16.9 Å². The molecule has 2 aromatic rings. The van der Waals surface area contributed by atoms with E-state index in [2.05, 4.69) is 5.32 Å². The molecule has 0 aromatic heterocycles. The molecule has 2 aromatic carbocycles. The Kier molecular flexibility index (Phi) is 9.52. The number of ether oxygens (including phenoxy) is 4. The molecule has 0 aliphatic carbocycles. The van der Waals surface area contributed by atoms with Crippen molar-refractivity contribution in [3.63, 3.8) is 0 Å². The van der Waals surface area contributed by atoms with Gasteiger partial charge in [-0.15, -0.1) is 0 Å². The lowest BCUT2D eigenvalue weighted by molar-refractivity contribution is -0.133. The molecule has 3 amide bonds. The number of hydrogen-bond donors (Lipinski definition) is 1. The first-order valence-corrected chi connectivity index (χ1v) is 11.7. The first kappa shape index (κ1) is 26.8. The van der Waals surface area contributed by atoms with Crippen LogP contribution in [0.4, 0.5) is 4.79 Å². The summed E-state index contributed by atoms with van der Waals surface area (Å²) in [4.78, 5) is 27.5. The fourth-order valence-electron chi connectivity index (χ4n) is 3.98. The monoisotopic (exact) mass is 498 g/mol. The fraction of sp³-hybridized carbons (Fsp3) is 0.423. The Morgan fingerprint density at radius 1 is 1.03 bits per heavy atom. The molecule has 3 rings (SSSR count). The van der Waals surface area contributed by atoms with Gasteiger partial charge in [0.1, 0.15) is 23.8 Å². The highest BCUT2D eigenvalue weighted by molar-refractivity contribution is 6.05. The van der Waals surface area contributed by atoms with Crippen LogP contribution in [0, 0.1) is 0 Å². The Hall–Kier alpha value is -3.79. The highest BCUT2D eigenvalue weighted by atomic mass is 16.5. The number of amides is 3. The maximum Gasteiger partial charge on any atom is 0.317 e. The predicted molar refractivity (Wildman–Crippen MR) is 136 cm³/mol. The molecule has 0 radical (unpaired) electrons. The SMILES string of the molecule is CCNC(=O)N(CCOC)CC(=O)N1N=C(c2ccc(OC)cc2OC)C[C@H]1c1ccc(OC)cc1. The molecule has 0 spiro atoms. The Bertz CT molecular complexity index is 1070. The molecule has 0 fully saturated rings. The number of methoxy groups -OCH3 is 4. The second-order valence-electron chi connectivity index (χ2n) is 8.09. The zero-order valence-electron chi connectivity index (χ0n) is 21.4. The van der Waals surface area contributed by atoms with Crippen molar-refractivity contribution >= 4 is 17.6 Å². The maximum absolute atomic E-state index is 13.5. The standard InChI is InChI=1S/C26H34N4O6/c1-6-27-26(32)29(13-14-33-2)17-25(31)30-23(18-7-9-19(34-3)10-8-18)16-22(28-30)21-12-11-20(35-4)15-24(21)36-5/h7-12,15,23H,6,13-14,16-17H2,1-5H3,(H,27,32)/t23-/m0/s1. The lowest BCUT2D eigenvalue weighted by Crippen LogP contribution is -2.47. The summed E-state index contributed by atoms with van der Waals surface area (Å²) in [5, 5.41) is 8.93. The summed E-state index contributed by atoms with van der Waals surface area (Å²) < 4.78 is 21.3. The molecule has 36 heavy (non-hydrogen) atoms. The number of rotatable bonds is 11. The summed E-state index contributed by atoms with van der Waals surface area (Å²) >= 11 is 0. The number of hydrogen-bond acceptors (Lipinski definition) is 7. The molecule has 10 heteroatoms. The van der Waals surface area contributed by atoms with Crippen LogP contribution >= 0.6 is 0 Å². The average Bonchev–Trinajstić information content (AvgIpc) is 3.36. The summed E-state index contributed by atoms with van der Waals surface area (Å²) in [6.07, 6.45) is 0.472. The molecule has 0 unspecified atom stereocenters. The molecule has 1 aliphatic rings. The quantitative estimate of drug-likeness (QED) is 0.511. The van der Waals surface area contributed by atoms with Gasteiger partial charge < -0.3 is 29.2 Å².